The quantitative estimate of drug-likeness (QED) is 0.246. The van der Waals surface area contributed by atoms with Gasteiger partial charge < -0.3 is 30.1 Å². The number of aliphatic hydroxyl groups is 2. The fourth-order valence-corrected chi connectivity index (χ4v) is 5.84. The van der Waals surface area contributed by atoms with Crippen LogP contribution < -0.4 is 5.32 Å². The number of nitrogens with zero attached hydrogens (tertiary/aromatic N) is 1. The van der Waals surface area contributed by atoms with Crippen molar-refractivity contribution in [2.75, 3.05) is 19.7 Å². The number of carboxylic acid groups (broad SMARTS) is 1. The summed E-state index contributed by atoms with van der Waals surface area (Å²) < 4.78 is 13.0. The van der Waals surface area contributed by atoms with Crippen LogP contribution in [0.1, 0.15) is 66.8 Å². The Balaban J connectivity index is 1.29. The summed E-state index contributed by atoms with van der Waals surface area (Å²) in [7, 11) is 0. The van der Waals surface area contributed by atoms with Gasteiger partial charge in [-0.3, -0.25) is 14.5 Å². The number of aliphatic hydroxyl groups excluding tert-OH is 2. The highest BCUT2D eigenvalue weighted by molar-refractivity contribution is 5.80. The number of nitrogens with one attached hydrogen (secondary N) is 1. The number of amides is 1. The van der Waals surface area contributed by atoms with Crippen molar-refractivity contribution in [3.05, 3.63) is 95.1 Å². The molecule has 2 aliphatic rings. The van der Waals surface area contributed by atoms with Crippen LogP contribution in [0, 0.1) is 0 Å². The van der Waals surface area contributed by atoms with Crippen molar-refractivity contribution in [3.63, 3.8) is 0 Å². The number of hydrogen-bond acceptors (Lipinski definition) is 7. The van der Waals surface area contributed by atoms with Crippen LogP contribution in [0.15, 0.2) is 72.8 Å². The number of carbonyl (C=O) groups excluding carboxylic acids is 1. The third-order valence-electron chi connectivity index (χ3n) is 8.26. The lowest BCUT2D eigenvalue weighted by Gasteiger charge is -2.38. The second-order valence-corrected chi connectivity index (χ2v) is 11.3. The molecule has 2 fully saturated rings. The van der Waals surface area contributed by atoms with E-state index < -0.39 is 12.3 Å². The SMILES string of the molecule is O=C(O)CCC(=O)NCc1cccc(-c2ccc(C3OC(CN4CCCC4CO)CC(c4ccc(CO)cc4)O3)cc2)c1. The van der Waals surface area contributed by atoms with Gasteiger partial charge in [0.25, 0.3) is 0 Å². The molecule has 2 aliphatic heterocycles. The maximum atomic E-state index is 11.9. The summed E-state index contributed by atoms with van der Waals surface area (Å²) in [5.41, 5.74) is 5.73. The molecular formula is C34H40N2O7. The molecule has 0 saturated carbocycles. The normalized spacial score (nSPS) is 22.4. The van der Waals surface area contributed by atoms with E-state index in [9.17, 15) is 19.8 Å². The van der Waals surface area contributed by atoms with Crippen LogP contribution >= 0.6 is 0 Å². The minimum absolute atomic E-state index is 0.00560. The van der Waals surface area contributed by atoms with Crippen LogP contribution in [0.5, 0.6) is 0 Å². The standard InChI is InChI=1S/C34H40N2O7/c37-21-23-6-8-26(9-7-23)31-18-30(20-36-16-2-5-29(36)22-38)42-34(43-31)27-12-10-25(11-13-27)28-4-1-3-24(17-28)19-35-32(39)14-15-33(40)41/h1,3-4,6-13,17,29-31,34,37-38H,2,5,14-16,18-22H2,(H,35,39)(H,40,41). The molecule has 0 spiro atoms. The molecule has 43 heavy (non-hydrogen) atoms. The molecule has 228 valence electrons. The molecule has 0 radical (unpaired) electrons. The zero-order valence-electron chi connectivity index (χ0n) is 24.2. The number of hydrogen-bond donors (Lipinski definition) is 4. The Morgan fingerprint density at radius 3 is 2.37 bits per heavy atom. The molecule has 4 atom stereocenters. The van der Waals surface area contributed by atoms with Crippen LogP contribution in [-0.2, 0) is 32.2 Å². The smallest absolute Gasteiger partial charge is 0.303 e. The van der Waals surface area contributed by atoms with Gasteiger partial charge in [-0.15, -0.1) is 0 Å². The van der Waals surface area contributed by atoms with Gasteiger partial charge in [-0.1, -0.05) is 66.7 Å². The van der Waals surface area contributed by atoms with Crippen molar-refractivity contribution in [2.45, 2.75) is 69.8 Å². The molecule has 5 rings (SSSR count). The Morgan fingerprint density at radius 2 is 1.65 bits per heavy atom. The molecule has 0 aromatic heterocycles. The number of aliphatic carboxylic acids is 1. The van der Waals surface area contributed by atoms with E-state index in [1.807, 2.05) is 72.8 Å². The average Bonchev–Trinajstić information content (AvgIpc) is 3.49. The van der Waals surface area contributed by atoms with E-state index in [0.717, 1.165) is 59.3 Å². The monoisotopic (exact) mass is 588 g/mol. The van der Waals surface area contributed by atoms with Gasteiger partial charge in [-0.2, -0.15) is 0 Å². The third-order valence-corrected chi connectivity index (χ3v) is 8.26. The van der Waals surface area contributed by atoms with Gasteiger partial charge in [0.15, 0.2) is 6.29 Å². The van der Waals surface area contributed by atoms with Crippen LogP contribution in [0.4, 0.5) is 0 Å². The van der Waals surface area contributed by atoms with Crippen molar-refractivity contribution in [3.8, 4) is 11.1 Å². The Hall–Kier alpha value is -3.60. The first-order chi connectivity index (χ1) is 20.9. The van der Waals surface area contributed by atoms with Crippen molar-refractivity contribution >= 4 is 11.9 Å². The lowest BCUT2D eigenvalue weighted by Crippen LogP contribution is -2.42. The molecule has 9 heteroatoms. The first-order valence-electron chi connectivity index (χ1n) is 14.9. The van der Waals surface area contributed by atoms with E-state index in [1.165, 1.54) is 0 Å². The Kier molecular flexibility index (Phi) is 10.6. The largest absolute Gasteiger partial charge is 0.481 e. The molecule has 4 N–H and O–H groups in total. The second kappa shape index (κ2) is 14.7. The summed E-state index contributed by atoms with van der Waals surface area (Å²) in [6, 6.07) is 24.0. The fourth-order valence-electron chi connectivity index (χ4n) is 5.84. The van der Waals surface area contributed by atoms with Crippen LogP contribution in [0.3, 0.4) is 0 Å². The van der Waals surface area contributed by atoms with Crippen molar-refractivity contribution in [1.29, 1.82) is 0 Å². The fraction of sp³-hybridized carbons (Fsp3) is 0.412. The molecule has 9 nitrogen and oxygen atoms in total. The Morgan fingerprint density at radius 1 is 0.884 bits per heavy atom. The predicted octanol–water partition coefficient (Wildman–Crippen LogP) is 4.33. The molecule has 2 heterocycles. The van der Waals surface area contributed by atoms with E-state index in [-0.39, 0.29) is 50.2 Å². The summed E-state index contributed by atoms with van der Waals surface area (Å²) in [5.74, 6) is -1.28. The Labute approximate surface area is 252 Å². The van der Waals surface area contributed by atoms with Crippen LogP contribution in [0.2, 0.25) is 0 Å². The van der Waals surface area contributed by atoms with E-state index >= 15 is 0 Å². The number of rotatable bonds is 12. The number of likely N-dealkylation sites (tertiary alicyclic amines) is 1. The second-order valence-electron chi connectivity index (χ2n) is 11.3. The summed E-state index contributed by atoms with van der Waals surface area (Å²) in [4.78, 5) is 25.0. The first kappa shape index (κ1) is 30.8. The number of ether oxygens (including phenoxy) is 2. The topological polar surface area (TPSA) is 129 Å². The lowest BCUT2D eigenvalue weighted by atomic mass is 9.98. The van der Waals surface area contributed by atoms with Gasteiger partial charge in [0.2, 0.25) is 5.91 Å². The lowest BCUT2D eigenvalue weighted by molar-refractivity contribution is -0.253. The van der Waals surface area contributed by atoms with Gasteiger partial charge in [0, 0.05) is 37.5 Å². The first-order valence-corrected chi connectivity index (χ1v) is 14.9. The zero-order chi connectivity index (χ0) is 30.2. The summed E-state index contributed by atoms with van der Waals surface area (Å²) in [5, 5.41) is 30.9. The average molecular weight is 589 g/mol. The van der Waals surface area contributed by atoms with Gasteiger partial charge in [-0.25, -0.2) is 0 Å². The molecule has 3 aromatic rings. The highest BCUT2D eigenvalue weighted by atomic mass is 16.7. The van der Waals surface area contributed by atoms with E-state index in [0.29, 0.717) is 13.0 Å². The van der Waals surface area contributed by atoms with E-state index in [1.54, 1.807) is 0 Å². The maximum absolute atomic E-state index is 11.9. The van der Waals surface area contributed by atoms with Crippen molar-refractivity contribution in [2.24, 2.45) is 0 Å². The minimum Gasteiger partial charge on any atom is -0.481 e. The van der Waals surface area contributed by atoms with Crippen molar-refractivity contribution in [1.82, 2.24) is 10.2 Å². The van der Waals surface area contributed by atoms with Gasteiger partial charge in [-0.05, 0) is 53.3 Å². The van der Waals surface area contributed by atoms with E-state index in [4.69, 9.17) is 14.6 Å². The number of carbonyl (C=O) groups is 2. The third kappa shape index (κ3) is 8.28. The molecule has 4 unspecified atom stereocenters. The molecule has 2 saturated heterocycles. The maximum Gasteiger partial charge on any atom is 0.303 e. The molecule has 1 amide bonds. The van der Waals surface area contributed by atoms with E-state index in [2.05, 4.69) is 10.2 Å². The molecular weight excluding hydrogens is 548 g/mol. The molecule has 0 bridgehead atoms. The van der Waals surface area contributed by atoms with Gasteiger partial charge >= 0.3 is 5.97 Å². The van der Waals surface area contributed by atoms with Gasteiger partial charge in [0.05, 0.1) is 31.8 Å². The number of benzene rings is 3. The summed E-state index contributed by atoms with van der Waals surface area (Å²) in [6.45, 7) is 2.15. The minimum atomic E-state index is -0.991. The predicted molar refractivity (Wildman–Crippen MR) is 161 cm³/mol. The Bertz CT molecular complexity index is 1360. The van der Waals surface area contributed by atoms with Gasteiger partial charge in [0.1, 0.15) is 0 Å². The zero-order valence-corrected chi connectivity index (χ0v) is 24.2. The summed E-state index contributed by atoms with van der Waals surface area (Å²) in [6.07, 6.45) is 1.73. The summed E-state index contributed by atoms with van der Waals surface area (Å²) >= 11 is 0. The molecule has 0 aliphatic carbocycles. The van der Waals surface area contributed by atoms with Crippen LogP contribution in [-0.4, -0.2) is 63.9 Å². The highest BCUT2D eigenvalue weighted by Crippen LogP contribution is 2.39. The van der Waals surface area contributed by atoms with Crippen LogP contribution in [0.25, 0.3) is 11.1 Å². The van der Waals surface area contributed by atoms with Crippen molar-refractivity contribution < 1.29 is 34.4 Å². The highest BCUT2D eigenvalue weighted by Gasteiger charge is 2.35. The number of carboxylic acids is 1. The molecule has 3 aromatic carbocycles.